The Balaban J connectivity index is 1.42. The van der Waals surface area contributed by atoms with Gasteiger partial charge in [0.05, 0.1) is 26.1 Å². The summed E-state index contributed by atoms with van der Waals surface area (Å²) in [4.78, 5) is 52.0. The van der Waals surface area contributed by atoms with Crippen molar-refractivity contribution in [3.8, 4) is 5.75 Å². The third-order valence-corrected chi connectivity index (χ3v) is 9.40. The summed E-state index contributed by atoms with van der Waals surface area (Å²) in [5.74, 6) is 1.31. The number of hydrogen-bond donors (Lipinski definition) is 4. The maximum absolute atomic E-state index is 13.7. The van der Waals surface area contributed by atoms with Crippen molar-refractivity contribution in [2.75, 3.05) is 57.4 Å². The van der Waals surface area contributed by atoms with E-state index in [9.17, 15) is 24.6 Å². The lowest BCUT2D eigenvalue weighted by Crippen LogP contribution is -2.55. The summed E-state index contributed by atoms with van der Waals surface area (Å²) in [5.41, 5.74) is 1.62. The largest absolute Gasteiger partial charge is 0.497 e. The van der Waals surface area contributed by atoms with E-state index < -0.39 is 49.1 Å². The Morgan fingerprint density at radius 1 is 1.09 bits per heavy atom. The molecule has 3 heterocycles. The topological polar surface area (TPSA) is 199 Å². The molecule has 0 unspecified atom stereocenters. The van der Waals surface area contributed by atoms with Crippen molar-refractivity contribution < 1.29 is 43.5 Å². The molecule has 256 valence electrons. The van der Waals surface area contributed by atoms with Gasteiger partial charge in [0.15, 0.2) is 23.2 Å². The minimum absolute atomic E-state index is 0.0787. The number of aromatic nitrogens is 4. The van der Waals surface area contributed by atoms with Crippen LogP contribution in [0.2, 0.25) is 0 Å². The van der Waals surface area contributed by atoms with Crippen LogP contribution < -0.4 is 20.3 Å². The highest BCUT2D eigenvalue weighted by Gasteiger charge is 2.46. The zero-order valence-electron chi connectivity index (χ0n) is 26.4. The Bertz CT molecular complexity index is 1490. The monoisotopic (exact) mass is 693 g/mol. The number of anilines is 1. The van der Waals surface area contributed by atoms with Gasteiger partial charge in [-0.3, -0.25) is 14.2 Å². The average molecular weight is 694 g/mol. The number of hydrogen-bond acceptors (Lipinski definition) is 15. The van der Waals surface area contributed by atoms with E-state index in [4.69, 9.17) is 18.9 Å². The van der Waals surface area contributed by atoms with Crippen LogP contribution in [0.15, 0.2) is 36.9 Å². The Hall–Kier alpha value is -3.84. The van der Waals surface area contributed by atoms with Gasteiger partial charge in [-0.25, -0.2) is 19.7 Å². The highest BCUT2D eigenvalue weighted by molar-refractivity contribution is 8.76. The van der Waals surface area contributed by atoms with Gasteiger partial charge in [0.2, 0.25) is 5.91 Å². The van der Waals surface area contributed by atoms with Crippen LogP contribution in [-0.4, -0.2) is 125 Å². The Kier molecular flexibility index (Phi) is 13.3. The number of alkyl carbamates (subject to hydrolysis) is 1. The van der Waals surface area contributed by atoms with Gasteiger partial charge in [0.1, 0.15) is 43.5 Å². The molecule has 1 aliphatic heterocycles. The molecular formula is C29H39N7O9S2. The number of benzene rings is 1. The van der Waals surface area contributed by atoms with Crippen molar-refractivity contribution in [2.45, 2.75) is 43.9 Å². The molecular weight excluding hydrogens is 654 g/mol. The first-order chi connectivity index (χ1) is 22.6. The molecule has 2 amide bonds. The summed E-state index contributed by atoms with van der Waals surface area (Å²) < 4.78 is 22.9. The first kappa shape index (κ1) is 36.0. The van der Waals surface area contributed by atoms with E-state index in [1.807, 2.05) is 14.1 Å². The Morgan fingerprint density at radius 2 is 1.79 bits per heavy atom. The third-order valence-electron chi connectivity index (χ3n) is 7.06. The van der Waals surface area contributed by atoms with Crippen LogP contribution >= 0.6 is 21.6 Å². The Labute approximate surface area is 279 Å². The number of amides is 2. The van der Waals surface area contributed by atoms with Crippen molar-refractivity contribution in [3.05, 3.63) is 42.5 Å². The van der Waals surface area contributed by atoms with Crippen LogP contribution in [0, 0.1) is 0 Å². The summed E-state index contributed by atoms with van der Waals surface area (Å²) in [6.07, 6.45) is -1.19. The summed E-state index contributed by atoms with van der Waals surface area (Å²) >= 11 is 0. The van der Waals surface area contributed by atoms with Gasteiger partial charge in [0, 0.05) is 38.9 Å². The number of methoxy groups -OCH3 is 1. The van der Waals surface area contributed by atoms with Gasteiger partial charge in [-0.15, -0.1) is 0 Å². The summed E-state index contributed by atoms with van der Waals surface area (Å²) in [5, 5.41) is 26.9. The van der Waals surface area contributed by atoms with Crippen molar-refractivity contribution in [1.29, 1.82) is 0 Å². The predicted molar refractivity (Wildman–Crippen MR) is 175 cm³/mol. The number of aliphatic hydroxyl groups is 2. The van der Waals surface area contributed by atoms with Crippen molar-refractivity contribution in [2.24, 2.45) is 0 Å². The summed E-state index contributed by atoms with van der Waals surface area (Å²) in [7, 11) is 8.10. The first-order valence-electron chi connectivity index (χ1n) is 14.7. The number of aliphatic hydroxyl groups excluding tert-OH is 2. The minimum atomic E-state index is -1.31. The molecule has 47 heavy (non-hydrogen) atoms. The molecule has 0 saturated carbocycles. The second kappa shape index (κ2) is 17.4. The molecule has 16 nitrogen and oxygen atoms in total. The SMILES string of the molecule is COc1ccc(C[C@H](NC(=O)OCCSSCCOC(C)=O)C(=O)N[C@H]2[C@@H](O)[C@H](n3cnc4c(N(C)C)ncnc43)O[C@@H]2CO)cc1. The number of esters is 1. The molecule has 1 aromatic carbocycles. The summed E-state index contributed by atoms with van der Waals surface area (Å²) in [6.45, 7) is 1.21. The van der Waals surface area contributed by atoms with Gasteiger partial charge in [0.25, 0.3) is 0 Å². The molecule has 18 heteroatoms. The number of ether oxygens (including phenoxy) is 4. The molecule has 4 rings (SSSR count). The lowest BCUT2D eigenvalue weighted by Gasteiger charge is -2.25. The molecule has 5 atom stereocenters. The summed E-state index contributed by atoms with van der Waals surface area (Å²) in [6, 6.07) is 4.87. The molecule has 1 saturated heterocycles. The zero-order chi connectivity index (χ0) is 33.9. The van der Waals surface area contributed by atoms with Gasteiger partial charge in [-0.05, 0) is 17.7 Å². The quantitative estimate of drug-likeness (QED) is 0.0937. The van der Waals surface area contributed by atoms with Gasteiger partial charge < -0.3 is 44.7 Å². The second-order valence-corrected chi connectivity index (χ2v) is 13.3. The molecule has 1 fully saturated rings. The highest BCUT2D eigenvalue weighted by Crippen LogP contribution is 2.32. The smallest absolute Gasteiger partial charge is 0.407 e. The fourth-order valence-electron chi connectivity index (χ4n) is 4.82. The number of carbonyl (C=O) groups is 3. The average Bonchev–Trinajstić information content (AvgIpc) is 3.62. The van der Waals surface area contributed by atoms with Gasteiger partial charge in [-0.2, -0.15) is 0 Å². The standard InChI is InChI=1S/C29H39N7O9S2/c1-17(38)43-9-11-46-47-12-10-44-29(41)33-20(13-18-5-7-19(42-4)8-6-18)27(40)34-22-21(14-37)45-28(24(22)39)36-16-32-23-25(35(2)3)30-15-31-26(23)36/h5-8,15-16,20-22,24,28,37,39H,9-14H2,1-4H3,(H,33,41)(H,34,40)/t20-,21+,22+,24+,28+/m0/s1. The highest BCUT2D eigenvalue weighted by atomic mass is 33.1. The number of nitrogens with one attached hydrogen (secondary N) is 2. The first-order valence-corrected chi connectivity index (χ1v) is 17.1. The molecule has 1 aliphatic rings. The van der Waals surface area contributed by atoms with Crippen LogP contribution in [0.5, 0.6) is 5.75 Å². The van der Waals surface area contributed by atoms with E-state index in [0.717, 1.165) is 5.56 Å². The number of rotatable bonds is 16. The second-order valence-electron chi connectivity index (χ2n) is 10.6. The fraction of sp³-hybridized carbons (Fsp3) is 0.517. The van der Waals surface area contributed by atoms with Crippen LogP contribution in [-0.2, 0) is 30.2 Å². The maximum atomic E-state index is 13.7. The predicted octanol–water partition coefficient (Wildman–Crippen LogP) is 0.918. The molecule has 3 aromatic rings. The van der Waals surface area contributed by atoms with E-state index in [2.05, 4.69) is 25.6 Å². The van der Waals surface area contributed by atoms with E-state index in [0.29, 0.717) is 40.8 Å². The minimum Gasteiger partial charge on any atom is -0.497 e. The van der Waals surface area contributed by atoms with Crippen LogP contribution in [0.4, 0.5) is 10.6 Å². The third kappa shape index (κ3) is 9.60. The fourth-order valence-corrected chi connectivity index (χ4v) is 6.47. The molecule has 2 aromatic heterocycles. The van der Waals surface area contributed by atoms with E-state index in [1.54, 1.807) is 36.3 Å². The van der Waals surface area contributed by atoms with Crippen LogP contribution in [0.1, 0.15) is 18.7 Å². The normalized spacial score (nSPS) is 19.6. The molecule has 0 radical (unpaired) electrons. The van der Waals surface area contributed by atoms with Gasteiger partial charge >= 0.3 is 12.1 Å². The van der Waals surface area contributed by atoms with Gasteiger partial charge in [-0.1, -0.05) is 33.7 Å². The number of fused-ring (bicyclic) bond motifs is 1. The zero-order valence-corrected chi connectivity index (χ0v) is 28.0. The van der Waals surface area contributed by atoms with Crippen molar-refractivity contribution >= 4 is 56.5 Å². The number of nitrogens with zero attached hydrogens (tertiary/aromatic N) is 5. The molecule has 0 bridgehead atoms. The molecule has 4 N–H and O–H groups in total. The van der Waals surface area contributed by atoms with Crippen molar-refractivity contribution in [3.63, 3.8) is 0 Å². The van der Waals surface area contributed by atoms with Crippen molar-refractivity contribution in [1.82, 2.24) is 30.2 Å². The number of carbonyl (C=O) groups excluding carboxylic acids is 3. The molecule has 0 aliphatic carbocycles. The maximum Gasteiger partial charge on any atom is 0.407 e. The van der Waals surface area contributed by atoms with E-state index >= 15 is 0 Å². The van der Waals surface area contributed by atoms with Crippen LogP contribution in [0.3, 0.4) is 0 Å². The Morgan fingerprint density at radius 3 is 2.43 bits per heavy atom. The van der Waals surface area contributed by atoms with E-state index in [1.165, 1.54) is 45.7 Å². The lowest BCUT2D eigenvalue weighted by atomic mass is 10.0. The van der Waals surface area contributed by atoms with Crippen LogP contribution in [0.25, 0.3) is 11.2 Å². The lowest BCUT2D eigenvalue weighted by molar-refractivity contribution is -0.140. The van der Waals surface area contributed by atoms with E-state index in [-0.39, 0.29) is 19.0 Å². The number of imidazole rings is 1. The molecule has 0 spiro atoms.